The Balaban J connectivity index is 1.64. The van der Waals surface area contributed by atoms with Crippen LogP contribution in [-0.2, 0) is 18.4 Å². The highest BCUT2D eigenvalue weighted by Gasteiger charge is 2.12. The van der Waals surface area contributed by atoms with E-state index in [4.69, 9.17) is 4.74 Å². The van der Waals surface area contributed by atoms with Crippen molar-refractivity contribution in [1.29, 1.82) is 0 Å². The highest BCUT2D eigenvalue weighted by atomic mass is 32.2. The van der Waals surface area contributed by atoms with E-state index < -0.39 is 0 Å². The number of para-hydroxylation sites is 3. The molecular weight excluding hydrogens is 362 g/mol. The van der Waals surface area contributed by atoms with Crippen molar-refractivity contribution in [3.05, 3.63) is 64.4 Å². The molecule has 0 unspecified atom stereocenters. The van der Waals surface area contributed by atoms with E-state index in [1.807, 2.05) is 55.5 Å². The molecule has 1 amide bonds. The number of hydrogen-bond acceptors (Lipinski definition) is 5. The van der Waals surface area contributed by atoms with Crippen LogP contribution in [0.3, 0.4) is 0 Å². The quantitative estimate of drug-likeness (QED) is 0.635. The number of ether oxygens (including phenoxy) is 1. The van der Waals surface area contributed by atoms with Crippen LogP contribution in [0.2, 0.25) is 0 Å². The molecule has 1 heterocycles. The van der Waals surface area contributed by atoms with Crippen LogP contribution in [0.5, 0.6) is 5.75 Å². The molecule has 0 radical (unpaired) electrons. The molecule has 0 aliphatic heterocycles. The van der Waals surface area contributed by atoms with E-state index in [9.17, 15) is 9.59 Å². The van der Waals surface area contributed by atoms with Gasteiger partial charge in [0.1, 0.15) is 5.75 Å². The van der Waals surface area contributed by atoms with Crippen molar-refractivity contribution in [2.24, 2.45) is 7.05 Å². The largest absolute Gasteiger partial charge is 0.494 e. The number of nitrogens with one attached hydrogen (secondary N) is 1. The monoisotopic (exact) mass is 383 g/mol. The Morgan fingerprint density at radius 2 is 1.93 bits per heavy atom. The number of rotatable bonds is 7. The van der Waals surface area contributed by atoms with Gasteiger partial charge in [-0.2, -0.15) is 0 Å². The number of aryl methyl sites for hydroxylation is 1. The Hall–Kier alpha value is -2.80. The first-order valence-corrected chi connectivity index (χ1v) is 9.64. The van der Waals surface area contributed by atoms with Gasteiger partial charge in [0.2, 0.25) is 5.91 Å². The van der Waals surface area contributed by atoms with Gasteiger partial charge in [-0.05, 0) is 25.1 Å². The molecule has 6 nitrogen and oxygen atoms in total. The van der Waals surface area contributed by atoms with E-state index in [0.717, 1.165) is 34.1 Å². The third kappa shape index (κ3) is 4.49. The van der Waals surface area contributed by atoms with Crippen molar-refractivity contribution >= 4 is 28.7 Å². The van der Waals surface area contributed by atoms with Crippen molar-refractivity contribution in [2.45, 2.75) is 18.5 Å². The Kier molecular flexibility index (Phi) is 6.13. The lowest BCUT2D eigenvalue weighted by Crippen LogP contribution is -2.26. The zero-order valence-electron chi connectivity index (χ0n) is 15.3. The first-order valence-electron chi connectivity index (χ1n) is 8.66. The number of benzene rings is 2. The maximum absolute atomic E-state index is 12.4. The number of carbonyl (C=O) groups excluding carboxylic acids is 1. The summed E-state index contributed by atoms with van der Waals surface area (Å²) in [5, 5.41) is 3.18. The van der Waals surface area contributed by atoms with Gasteiger partial charge in [-0.15, -0.1) is 0 Å². The molecule has 0 atom stereocenters. The van der Waals surface area contributed by atoms with E-state index in [2.05, 4.69) is 10.3 Å². The number of amides is 1. The van der Waals surface area contributed by atoms with E-state index in [1.54, 1.807) is 11.6 Å². The van der Waals surface area contributed by atoms with Crippen LogP contribution >= 0.6 is 11.8 Å². The van der Waals surface area contributed by atoms with Gasteiger partial charge in [0.15, 0.2) is 5.03 Å². The summed E-state index contributed by atoms with van der Waals surface area (Å²) in [4.78, 5) is 29.0. The molecule has 0 aliphatic carbocycles. The van der Waals surface area contributed by atoms with Crippen LogP contribution in [0.15, 0.2) is 58.4 Å². The second-order valence-corrected chi connectivity index (χ2v) is 6.84. The SMILES string of the molecule is CCOc1ccccc1CNC(=O)CSc1nc2ccccc2n(C)c1=O. The molecule has 140 valence electrons. The van der Waals surface area contributed by atoms with Crippen LogP contribution in [0.25, 0.3) is 11.0 Å². The predicted molar refractivity (Wildman–Crippen MR) is 107 cm³/mol. The molecule has 0 saturated carbocycles. The van der Waals surface area contributed by atoms with Gasteiger partial charge in [-0.1, -0.05) is 42.1 Å². The summed E-state index contributed by atoms with van der Waals surface area (Å²) < 4.78 is 7.11. The zero-order valence-corrected chi connectivity index (χ0v) is 16.1. The molecule has 2 aromatic carbocycles. The third-order valence-corrected chi connectivity index (χ3v) is 4.99. The molecule has 3 aromatic rings. The lowest BCUT2D eigenvalue weighted by atomic mass is 10.2. The topological polar surface area (TPSA) is 73.2 Å². The maximum Gasteiger partial charge on any atom is 0.283 e. The second kappa shape index (κ2) is 8.73. The first-order chi connectivity index (χ1) is 13.1. The van der Waals surface area contributed by atoms with E-state index in [-0.39, 0.29) is 17.2 Å². The Bertz CT molecular complexity index is 1020. The Labute approximate surface area is 161 Å². The molecule has 0 fully saturated rings. The standard InChI is InChI=1S/C20H21N3O3S/c1-3-26-17-11-7-4-8-14(17)12-21-18(24)13-27-19-20(25)23(2)16-10-6-5-9-15(16)22-19/h4-11H,3,12-13H2,1-2H3,(H,21,24). The Morgan fingerprint density at radius 1 is 1.19 bits per heavy atom. The summed E-state index contributed by atoms with van der Waals surface area (Å²) in [6.07, 6.45) is 0. The fourth-order valence-corrected chi connectivity index (χ4v) is 3.46. The van der Waals surface area contributed by atoms with Gasteiger partial charge < -0.3 is 14.6 Å². The summed E-state index contributed by atoms with van der Waals surface area (Å²) in [5.41, 5.74) is 2.21. The van der Waals surface area contributed by atoms with Crippen LogP contribution in [0.4, 0.5) is 0 Å². The van der Waals surface area contributed by atoms with Gasteiger partial charge in [0.05, 0.1) is 23.4 Å². The van der Waals surface area contributed by atoms with Crippen LogP contribution in [0, 0.1) is 0 Å². The number of aromatic nitrogens is 2. The number of fused-ring (bicyclic) bond motifs is 1. The van der Waals surface area contributed by atoms with Gasteiger partial charge in [-0.3, -0.25) is 9.59 Å². The maximum atomic E-state index is 12.4. The molecule has 3 rings (SSSR count). The summed E-state index contributed by atoms with van der Waals surface area (Å²) in [5.74, 6) is 0.721. The summed E-state index contributed by atoms with van der Waals surface area (Å²) in [6.45, 7) is 2.86. The van der Waals surface area contributed by atoms with Crippen molar-refractivity contribution in [1.82, 2.24) is 14.9 Å². The van der Waals surface area contributed by atoms with Gasteiger partial charge in [0, 0.05) is 19.2 Å². The number of thioether (sulfide) groups is 1. The minimum atomic E-state index is -0.201. The van der Waals surface area contributed by atoms with Crippen molar-refractivity contribution < 1.29 is 9.53 Å². The second-order valence-electron chi connectivity index (χ2n) is 5.88. The highest BCUT2D eigenvalue weighted by Crippen LogP contribution is 2.18. The molecule has 0 saturated heterocycles. The van der Waals surface area contributed by atoms with E-state index in [1.165, 1.54) is 0 Å². The van der Waals surface area contributed by atoms with Crippen LogP contribution < -0.4 is 15.6 Å². The van der Waals surface area contributed by atoms with Gasteiger partial charge in [-0.25, -0.2) is 4.98 Å². The smallest absolute Gasteiger partial charge is 0.283 e. The van der Waals surface area contributed by atoms with Crippen LogP contribution in [0.1, 0.15) is 12.5 Å². The molecular formula is C20H21N3O3S. The molecule has 1 aromatic heterocycles. The summed E-state index contributed by atoms with van der Waals surface area (Å²) >= 11 is 1.15. The normalized spacial score (nSPS) is 10.7. The highest BCUT2D eigenvalue weighted by molar-refractivity contribution is 7.99. The number of hydrogen-bond donors (Lipinski definition) is 1. The lowest BCUT2D eigenvalue weighted by molar-refractivity contribution is -0.118. The molecule has 1 N–H and O–H groups in total. The van der Waals surface area contributed by atoms with Crippen molar-refractivity contribution in [3.8, 4) is 5.75 Å². The lowest BCUT2D eigenvalue weighted by Gasteiger charge is -2.11. The van der Waals surface area contributed by atoms with Gasteiger partial charge >= 0.3 is 0 Å². The molecule has 7 heteroatoms. The average molecular weight is 383 g/mol. The minimum absolute atomic E-state index is 0.122. The number of carbonyl (C=O) groups is 1. The van der Waals surface area contributed by atoms with Gasteiger partial charge in [0.25, 0.3) is 5.56 Å². The minimum Gasteiger partial charge on any atom is -0.494 e. The summed E-state index contributed by atoms with van der Waals surface area (Å²) in [6, 6.07) is 15.0. The molecule has 0 bridgehead atoms. The number of nitrogens with zero attached hydrogens (tertiary/aromatic N) is 2. The molecule has 27 heavy (non-hydrogen) atoms. The van der Waals surface area contributed by atoms with E-state index in [0.29, 0.717) is 18.2 Å². The predicted octanol–water partition coefficient (Wildman–Crippen LogP) is 2.74. The fourth-order valence-electron chi connectivity index (χ4n) is 2.67. The van der Waals surface area contributed by atoms with Crippen molar-refractivity contribution in [2.75, 3.05) is 12.4 Å². The first kappa shape index (κ1) is 19.0. The fraction of sp³-hybridized carbons (Fsp3) is 0.250. The van der Waals surface area contributed by atoms with Crippen LogP contribution in [-0.4, -0.2) is 27.8 Å². The zero-order chi connectivity index (χ0) is 19.2. The molecule has 0 aliphatic rings. The third-order valence-electron chi connectivity index (χ3n) is 4.04. The van der Waals surface area contributed by atoms with Crippen molar-refractivity contribution in [3.63, 3.8) is 0 Å². The van der Waals surface area contributed by atoms with E-state index >= 15 is 0 Å². The molecule has 0 spiro atoms. The summed E-state index contributed by atoms with van der Waals surface area (Å²) in [7, 11) is 1.71. The average Bonchev–Trinajstić information content (AvgIpc) is 2.69. The Morgan fingerprint density at radius 3 is 2.74 bits per heavy atom.